The maximum atomic E-state index is 4.87. The zero-order chi connectivity index (χ0) is 20.9. The molecule has 2 aromatic heterocycles. The van der Waals surface area contributed by atoms with Crippen molar-refractivity contribution in [2.75, 3.05) is 0 Å². The molecule has 150 valence electrons. The van der Waals surface area contributed by atoms with Gasteiger partial charge in [-0.25, -0.2) is 4.68 Å². The van der Waals surface area contributed by atoms with Crippen LogP contribution in [0.1, 0.15) is 11.1 Å². The smallest absolute Gasteiger partial charge is 0.206 e. The van der Waals surface area contributed by atoms with E-state index in [0.717, 1.165) is 21.6 Å². The lowest BCUT2D eigenvalue weighted by Gasteiger charge is -2.07. The predicted octanol–water partition coefficient (Wildman–Crippen LogP) is 5.75. The van der Waals surface area contributed by atoms with E-state index in [0.29, 0.717) is 6.54 Å². The molecule has 2 heterocycles. The van der Waals surface area contributed by atoms with Crippen molar-refractivity contribution in [3.05, 3.63) is 119 Å². The molecule has 0 fully saturated rings. The van der Waals surface area contributed by atoms with Gasteiger partial charge in [0.05, 0.1) is 18.5 Å². The van der Waals surface area contributed by atoms with Crippen molar-refractivity contribution >= 4 is 28.3 Å². The standard InChI is InChI=1S/C26H20N4S/c1-2-7-20(8-3-1)17-28-26-30(29-18-21-13-15-27-16-14-21)25(19-31-26)24-12-6-10-22-9-4-5-11-23(22)24/h1-16,18-19H,17H2. The lowest BCUT2D eigenvalue weighted by molar-refractivity contribution is 0.825. The van der Waals surface area contributed by atoms with E-state index < -0.39 is 0 Å². The Balaban J connectivity index is 1.64. The molecule has 3 aromatic carbocycles. The second kappa shape index (κ2) is 8.90. The number of hydrogen-bond acceptors (Lipinski definition) is 4. The summed E-state index contributed by atoms with van der Waals surface area (Å²) in [5, 5.41) is 9.35. The fourth-order valence-electron chi connectivity index (χ4n) is 3.47. The van der Waals surface area contributed by atoms with E-state index in [4.69, 9.17) is 10.1 Å². The van der Waals surface area contributed by atoms with Gasteiger partial charge in [0.1, 0.15) is 0 Å². The van der Waals surface area contributed by atoms with E-state index in [1.807, 2.05) is 41.2 Å². The van der Waals surface area contributed by atoms with Crippen molar-refractivity contribution in [2.45, 2.75) is 6.54 Å². The fraction of sp³-hybridized carbons (Fsp3) is 0.0385. The Morgan fingerprint density at radius 2 is 1.61 bits per heavy atom. The molecule has 0 N–H and O–H groups in total. The first kappa shape index (κ1) is 19.2. The largest absolute Gasteiger partial charge is 0.265 e. The highest BCUT2D eigenvalue weighted by atomic mass is 32.1. The molecule has 5 aromatic rings. The van der Waals surface area contributed by atoms with E-state index in [-0.39, 0.29) is 0 Å². The van der Waals surface area contributed by atoms with Crippen LogP contribution in [0.25, 0.3) is 22.0 Å². The maximum Gasteiger partial charge on any atom is 0.206 e. The van der Waals surface area contributed by atoms with Crippen molar-refractivity contribution in [1.29, 1.82) is 0 Å². The maximum absolute atomic E-state index is 4.87. The molecular formula is C26H20N4S. The molecule has 4 nitrogen and oxygen atoms in total. The van der Waals surface area contributed by atoms with E-state index in [9.17, 15) is 0 Å². The number of nitrogens with zero attached hydrogens (tertiary/aromatic N) is 4. The number of pyridine rings is 1. The third-order valence-electron chi connectivity index (χ3n) is 5.02. The minimum Gasteiger partial charge on any atom is -0.265 e. The molecule has 0 atom stereocenters. The normalized spacial score (nSPS) is 12.1. The number of thiazole rings is 1. The summed E-state index contributed by atoms with van der Waals surface area (Å²) in [6, 6.07) is 29.0. The lowest BCUT2D eigenvalue weighted by Crippen LogP contribution is -2.12. The zero-order valence-corrected chi connectivity index (χ0v) is 17.6. The SMILES string of the molecule is C(=Nn1c(-c2cccc3ccccc23)csc1=NCc1ccccc1)c1ccncc1. The molecule has 31 heavy (non-hydrogen) atoms. The Kier molecular flexibility index (Phi) is 5.50. The van der Waals surface area contributed by atoms with Gasteiger partial charge in [-0.1, -0.05) is 72.8 Å². The summed E-state index contributed by atoms with van der Waals surface area (Å²) >= 11 is 1.60. The molecule has 0 aliphatic carbocycles. The summed E-state index contributed by atoms with van der Waals surface area (Å²) in [5.41, 5.74) is 4.33. The average molecular weight is 421 g/mol. The van der Waals surface area contributed by atoms with Crippen LogP contribution < -0.4 is 4.80 Å². The fourth-order valence-corrected chi connectivity index (χ4v) is 4.30. The minimum atomic E-state index is 0.612. The Morgan fingerprint density at radius 1 is 0.839 bits per heavy atom. The molecule has 0 bridgehead atoms. The van der Waals surface area contributed by atoms with E-state index in [1.165, 1.54) is 16.3 Å². The summed E-state index contributed by atoms with van der Waals surface area (Å²) in [5.74, 6) is 0. The van der Waals surface area contributed by atoms with Gasteiger partial charge in [0.15, 0.2) is 0 Å². The summed E-state index contributed by atoms with van der Waals surface area (Å²) in [6.07, 6.45) is 5.39. The van der Waals surface area contributed by atoms with Crippen molar-refractivity contribution in [1.82, 2.24) is 9.66 Å². The van der Waals surface area contributed by atoms with Crippen LogP contribution >= 0.6 is 11.3 Å². The van der Waals surface area contributed by atoms with Crippen LogP contribution in [0, 0.1) is 0 Å². The Morgan fingerprint density at radius 3 is 2.48 bits per heavy atom. The first-order chi connectivity index (χ1) is 15.4. The van der Waals surface area contributed by atoms with Crippen LogP contribution in [0.3, 0.4) is 0 Å². The van der Waals surface area contributed by atoms with Gasteiger partial charge in [-0.05, 0) is 34.0 Å². The Hall–Kier alpha value is -3.83. The second-order valence-electron chi connectivity index (χ2n) is 7.07. The van der Waals surface area contributed by atoms with Gasteiger partial charge < -0.3 is 0 Å². The molecule has 0 saturated heterocycles. The molecule has 0 unspecified atom stereocenters. The van der Waals surface area contributed by atoms with E-state index in [2.05, 4.69) is 65.0 Å². The Bertz CT molecular complexity index is 1390. The van der Waals surface area contributed by atoms with Crippen molar-refractivity contribution in [3.63, 3.8) is 0 Å². The monoisotopic (exact) mass is 420 g/mol. The van der Waals surface area contributed by atoms with Gasteiger partial charge in [-0.2, -0.15) is 5.10 Å². The highest BCUT2D eigenvalue weighted by Gasteiger charge is 2.10. The summed E-state index contributed by atoms with van der Waals surface area (Å²) in [7, 11) is 0. The van der Waals surface area contributed by atoms with Gasteiger partial charge in [0.25, 0.3) is 0 Å². The van der Waals surface area contributed by atoms with Gasteiger partial charge in [0, 0.05) is 23.3 Å². The second-order valence-corrected chi connectivity index (χ2v) is 7.91. The molecule has 0 aliphatic rings. The predicted molar refractivity (Wildman–Crippen MR) is 128 cm³/mol. The first-order valence-electron chi connectivity index (χ1n) is 10.1. The van der Waals surface area contributed by atoms with Gasteiger partial charge in [-0.3, -0.25) is 9.98 Å². The van der Waals surface area contributed by atoms with Crippen LogP contribution in [0.5, 0.6) is 0 Å². The van der Waals surface area contributed by atoms with Crippen LogP contribution in [0.15, 0.2) is 113 Å². The molecule has 5 heteroatoms. The number of hydrogen-bond donors (Lipinski definition) is 0. The van der Waals surface area contributed by atoms with Crippen LogP contribution in [-0.4, -0.2) is 15.9 Å². The highest BCUT2D eigenvalue weighted by Crippen LogP contribution is 2.29. The van der Waals surface area contributed by atoms with Crippen molar-refractivity contribution in [3.8, 4) is 11.3 Å². The number of fused-ring (bicyclic) bond motifs is 1. The molecule has 0 radical (unpaired) electrons. The lowest BCUT2D eigenvalue weighted by atomic mass is 10.0. The molecule has 0 saturated carbocycles. The number of rotatable bonds is 5. The molecule has 0 spiro atoms. The Labute approximate surface area is 184 Å². The van der Waals surface area contributed by atoms with Crippen molar-refractivity contribution in [2.24, 2.45) is 10.1 Å². The van der Waals surface area contributed by atoms with Crippen molar-refractivity contribution < 1.29 is 0 Å². The quantitative estimate of drug-likeness (QED) is 0.334. The number of benzene rings is 3. The zero-order valence-electron chi connectivity index (χ0n) is 16.8. The molecular weight excluding hydrogens is 400 g/mol. The molecule has 0 amide bonds. The minimum absolute atomic E-state index is 0.612. The summed E-state index contributed by atoms with van der Waals surface area (Å²) in [6.45, 7) is 0.612. The van der Waals surface area contributed by atoms with Gasteiger partial charge >= 0.3 is 0 Å². The van der Waals surface area contributed by atoms with Crippen LogP contribution in [-0.2, 0) is 6.54 Å². The molecule has 5 rings (SSSR count). The van der Waals surface area contributed by atoms with E-state index >= 15 is 0 Å². The molecule has 0 aliphatic heterocycles. The van der Waals surface area contributed by atoms with Crippen LogP contribution in [0.4, 0.5) is 0 Å². The van der Waals surface area contributed by atoms with Gasteiger partial charge in [-0.15, -0.1) is 11.3 Å². The third kappa shape index (κ3) is 4.22. The first-order valence-corrected chi connectivity index (χ1v) is 10.9. The van der Waals surface area contributed by atoms with Gasteiger partial charge in [0.2, 0.25) is 4.80 Å². The number of aromatic nitrogens is 2. The van der Waals surface area contributed by atoms with Crippen LogP contribution in [0.2, 0.25) is 0 Å². The summed E-state index contributed by atoms with van der Waals surface area (Å²) < 4.78 is 1.94. The average Bonchev–Trinajstić information content (AvgIpc) is 3.25. The highest BCUT2D eigenvalue weighted by molar-refractivity contribution is 7.07. The third-order valence-corrected chi connectivity index (χ3v) is 5.87. The summed E-state index contributed by atoms with van der Waals surface area (Å²) in [4.78, 5) is 9.81. The topological polar surface area (TPSA) is 42.5 Å². The van der Waals surface area contributed by atoms with E-state index in [1.54, 1.807) is 23.7 Å².